The van der Waals surface area contributed by atoms with Crippen molar-refractivity contribution < 1.29 is 22.7 Å². The van der Waals surface area contributed by atoms with E-state index in [1.165, 1.54) is 23.5 Å². The lowest BCUT2D eigenvalue weighted by Gasteiger charge is -2.20. The van der Waals surface area contributed by atoms with Crippen molar-refractivity contribution in [2.45, 2.75) is 24.7 Å². The van der Waals surface area contributed by atoms with Crippen LogP contribution >= 0.6 is 0 Å². The molecule has 3 aromatic rings. The summed E-state index contributed by atoms with van der Waals surface area (Å²) in [6, 6.07) is 22.8. The highest BCUT2D eigenvalue weighted by atomic mass is 32.2. The molecule has 34 heavy (non-hydrogen) atoms. The average molecular weight is 483 g/mol. The monoisotopic (exact) mass is 482 g/mol. The fraction of sp³-hybridized carbons (Fsp3) is 0.269. The highest BCUT2D eigenvalue weighted by Crippen LogP contribution is 2.25. The predicted octanol–water partition coefficient (Wildman–Crippen LogP) is 4.21. The van der Waals surface area contributed by atoms with Crippen LogP contribution in [0.25, 0.3) is 0 Å². The van der Waals surface area contributed by atoms with Crippen LogP contribution in [0.3, 0.4) is 0 Å². The normalized spacial score (nSPS) is 12.0. The minimum absolute atomic E-state index is 0.124. The lowest BCUT2D eigenvalue weighted by Crippen LogP contribution is -2.31. The minimum Gasteiger partial charge on any atom is -0.494 e. The Morgan fingerprint density at radius 3 is 2.12 bits per heavy atom. The number of sulfonamides is 1. The number of rotatable bonds is 11. The number of benzene rings is 3. The molecular weight excluding hydrogens is 452 g/mol. The Hall–Kier alpha value is -3.52. The maximum absolute atomic E-state index is 12.9. The van der Waals surface area contributed by atoms with Gasteiger partial charge in [0.05, 0.1) is 17.2 Å². The van der Waals surface area contributed by atoms with Crippen LogP contribution in [0.5, 0.6) is 11.5 Å². The highest BCUT2D eigenvalue weighted by Gasteiger charge is 2.21. The van der Waals surface area contributed by atoms with E-state index in [0.29, 0.717) is 30.3 Å². The molecule has 1 amide bonds. The molecule has 0 heterocycles. The second-order valence-electron chi connectivity index (χ2n) is 7.78. The summed E-state index contributed by atoms with van der Waals surface area (Å²) in [6.45, 7) is 4.81. The molecule has 0 aromatic heterocycles. The Kier molecular flexibility index (Phi) is 8.54. The van der Waals surface area contributed by atoms with Crippen LogP contribution in [0.4, 0.5) is 5.69 Å². The van der Waals surface area contributed by atoms with Crippen molar-refractivity contribution in [3.63, 3.8) is 0 Å². The molecule has 0 fully saturated rings. The van der Waals surface area contributed by atoms with Gasteiger partial charge < -0.3 is 14.8 Å². The van der Waals surface area contributed by atoms with Crippen LogP contribution in [0, 0.1) is 0 Å². The van der Waals surface area contributed by atoms with Crippen LogP contribution < -0.4 is 19.1 Å². The van der Waals surface area contributed by atoms with Crippen molar-refractivity contribution in [3.05, 3.63) is 84.4 Å². The minimum atomic E-state index is -3.73. The molecule has 1 atom stereocenters. The van der Waals surface area contributed by atoms with Gasteiger partial charge in [0.2, 0.25) is 0 Å². The number of nitrogens with zero attached hydrogens (tertiary/aromatic N) is 1. The molecule has 8 heteroatoms. The molecule has 0 aliphatic heterocycles. The van der Waals surface area contributed by atoms with Gasteiger partial charge in [-0.1, -0.05) is 37.3 Å². The Morgan fingerprint density at radius 2 is 1.50 bits per heavy atom. The first-order valence-corrected chi connectivity index (χ1v) is 12.5. The number of hydrogen-bond acceptors (Lipinski definition) is 5. The van der Waals surface area contributed by atoms with Gasteiger partial charge in [-0.15, -0.1) is 0 Å². The smallest absolute Gasteiger partial charge is 0.264 e. The van der Waals surface area contributed by atoms with E-state index in [1.807, 2.05) is 44.2 Å². The van der Waals surface area contributed by atoms with Crippen molar-refractivity contribution in [1.29, 1.82) is 0 Å². The zero-order chi connectivity index (χ0) is 24.6. The third kappa shape index (κ3) is 6.51. The molecule has 3 rings (SSSR count). The van der Waals surface area contributed by atoms with Gasteiger partial charge in [0.1, 0.15) is 11.5 Å². The van der Waals surface area contributed by atoms with E-state index in [2.05, 4.69) is 5.32 Å². The SMILES string of the molecule is CCOc1ccc(S(=O)(=O)N(C)c2ccc(OCC(=O)NCC(C)c3ccccc3)cc2)cc1. The van der Waals surface area contributed by atoms with E-state index >= 15 is 0 Å². The van der Waals surface area contributed by atoms with Gasteiger partial charge >= 0.3 is 0 Å². The second kappa shape index (κ2) is 11.6. The Bertz CT molecular complexity index is 1160. The first kappa shape index (κ1) is 25.1. The fourth-order valence-corrected chi connectivity index (χ4v) is 4.49. The first-order valence-electron chi connectivity index (χ1n) is 11.1. The second-order valence-corrected chi connectivity index (χ2v) is 9.74. The van der Waals surface area contributed by atoms with E-state index in [9.17, 15) is 13.2 Å². The molecule has 0 saturated heterocycles. The Morgan fingerprint density at radius 1 is 0.912 bits per heavy atom. The lowest BCUT2D eigenvalue weighted by atomic mass is 10.0. The van der Waals surface area contributed by atoms with Gasteiger partial charge in [-0.25, -0.2) is 8.42 Å². The Labute approximate surface area is 201 Å². The largest absolute Gasteiger partial charge is 0.494 e. The third-order valence-corrected chi connectivity index (χ3v) is 7.14. The molecule has 3 aromatic carbocycles. The summed E-state index contributed by atoms with van der Waals surface area (Å²) in [5, 5.41) is 2.87. The molecule has 180 valence electrons. The molecule has 0 aliphatic rings. The molecule has 1 unspecified atom stereocenters. The first-order chi connectivity index (χ1) is 16.3. The quantitative estimate of drug-likeness (QED) is 0.443. The summed E-state index contributed by atoms with van der Waals surface area (Å²) in [4.78, 5) is 12.3. The van der Waals surface area contributed by atoms with E-state index in [1.54, 1.807) is 36.4 Å². The summed E-state index contributed by atoms with van der Waals surface area (Å²) < 4.78 is 38.0. The number of carbonyl (C=O) groups is 1. The molecule has 0 aliphatic carbocycles. The molecule has 0 bridgehead atoms. The standard InChI is InChI=1S/C26H30N2O5S/c1-4-32-23-14-16-25(17-15-23)34(30,31)28(3)22-10-12-24(13-11-22)33-19-26(29)27-18-20(2)21-8-6-5-7-9-21/h5-17,20H,4,18-19H2,1-3H3,(H,27,29). The molecular formula is C26H30N2O5S. The lowest BCUT2D eigenvalue weighted by molar-refractivity contribution is -0.123. The van der Waals surface area contributed by atoms with E-state index < -0.39 is 10.0 Å². The summed E-state index contributed by atoms with van der Waals surface area (Å²) in [5.41, 5.74) is 1.63. The Balaban J connectivity index is 1.53. The van der Waals surface area contributed by atoms with Gasteiger partial charge in [0.25, 0.3) is 15.9 Å². The van der Waals surface area contributed by atoms with E-state index in [-0.39, 0.29) is 23.3 Å². The maximum Gasteiger partial charge on any atom is 0.264 e. The van der Waals surface area contributed by atoms with Crippen molar-refractivity contribution in [1.82, 2.24) is 5.32 Å². The number of carbonyl (C=O) groups excluding carboxylic acids is 1. The van der Waals surface area contributed by atoms with Crippen LogP contribution in [-0.4, -0.2) is 41.1 Å². The van der Waals surface area contributed by atoms with Gasteiger partial charge in [-0.05, 0) is 66.9 Å². The van der Waals surface area contributed by atoms with Crippen molar-refractivity contribution >= 4 is 21.6 Å². The summed E-state index contributed by atoms with van der Waals surface area (Å²) >= 11 is 0. The van der Waals surface area contributed by atoms with Crippen molar-refractivity contribution in [3.8, 4) is 11.5 Å². The van der Waals surface area contributed by atoms with Crippen LogP contribution in [-0.2, 0) is 14.8 Å². The van der Waals surface area contributed by atoms with Gasteiger partial charge in [-0.3, -0.25) is 9.10 Å². The van der Waals surface area contributed by atoms with Gasteiger partial charge in [0.15, 0.2) is 6.61 Å². The van der Waals surface area contributed by atoms with Gasteiger partial charge in [-0.2, -0.15) is 0 Å². The predicted molar refractivity (Wildman–Crippen MR) is 133 cm³/mol. The van der Waals surface area contributed by atoms with Crippen LogP contribution in [0.1, 0.15) is 25.3 Å². The average Bonchev–Trinajstić information content (AvgIpc) is 2.87. The van der Waals surface area contributed by atoms with E-state index in [4.69, 9.17) is 9.47 Å². The summed E-state index contributed by atoms with van der Waals surface area (Å²) in [6.07, 6.45) is 0. The van der Waals surface area contributed by atoms with Crippen LogP contribution in [0.15, 0.2) is 83.8 Å². The maximum atomic E-state index is 12.9. The van der Waals surface area contributed by atoms with Crippen molar-refractivity contribution in [2.24, 2.45) is 0 Å². The van der Waals surface area contributed by atoms with E-state index in [0.717, 1.165) is 5.56 Å². The number of hydrogen-bond donors (Lipinski definition) is 1. The molecule has 0 spiro atoms. The number of nitrogens with one attached hydrogen (secondary N) is 1. The molecule has 0 saturated carbocycles. The number of ether oxygens (including phenoxy) is 2. The third-order valence-electron chi connectivity index (χ3n) is 5.34. The zero-order valence-corrected chi connectivity index (χ0v) is 20.4. The molecule has 7 nitrogen and oxygen atoms in total. The summed E-state index contributed by atoms with van der Waals surface area (Å²) in [7, 11) is -2.24. The fourth-order valence-electron chi connectivity index (χ4n) is 3.29. The van der Waals surface area contributed by atoms with Gasteiger partial charge in [0, 0.05) is 13.6 Å². The molecule has 0 radical (unpaired) electrons. The number of anilines is 1. The number of amides is 1. The van der Waals surface area contributed by atoms with Crippen molar-refractivity contribution in [2.75, 3.05) is 31.1 Å². The topological polar surface area (TPSA) is 84.9 Å². The molecule has 1 N–H and O–H groups in total. The van der Waals surface area contributed by atoms with Crippen LogP contribution in [0.2, 0.25) is 0 Å². The highest BCUT2D eigenvalue weighted by molar-refractivity contribution is 7.92. The zero-order valence-electron chi connectivity index (χ0n) is 19.6. The summed E-state index contributed by atoms with van der Waals surface area (Å²) in [5.74, 6) is 1.06.